The minimum atomic E-state index is -3.47. The van der Waals surface area contributed by atoms with Crippen molar-refractivity contribution in [1.29, 1.82) is 0 Å². The molecule has 0 radical (unpaired) electrons. The number of hydrogen-bond donors (Lipinski definition) is 1. The van der Waals surface area contributed by atoms with Gasteiger partial charge >= 0.3 is 0 Å². The summed E-state index contributed by atoms with van der Waals surface area (Å²) in [7, 11) is 0. The third kappa shape index (κ3) is 3.91. The molecule has 1 aliphatic heterocycles. The molecule has 3 rings (SSSR count). The number of hydrogen-bond acceptors (Lipinski definition) is 4. The van der Waals surface area contributed by atoms with Crippen molar-refractivity contribution in [3.8, 4) is 5.75 Å². The predicted molar refractivity (Wildman–Crippen MR) is 93.0 cm³/mol. The highest BCUT2D eigenvalue weighted by molar-refractivity contribution is 9.10. The predicted octanol–water partition coefficient (Wildman–Crippen LogP) is 3.79. The summed E-state index contributed by atoms with van der Waals surface area (Å²) in [6.07, 6.45) is -7.76. The molecule has 1 amide bonds. The molecule has 27 heavy (non-hydrogen) atoms. The van der Waals surface area contributed by atoms with Crippen LogP contribution in [0.15, 0.2) is 46.0 Å². The van der Waals surface area contributed by atoms with E-state index in [-0.39, 0.29) is 10.8 Å². The molecule has 1 heterocycles. The zero-order valence-electron chi connectivity index (χ0n) is 13.6. The van der Waals surface area contributed by atoms with E-state index in [1.54, 1.807) is 18.2 Å². The number of fused-ring (bicyclic) bond motifs is 1. The van der Waals surface area contributed by atoms with E-state index in [2.05, 4.69) is 21.0 Å². The molecule has 0 aliphatic carbocycles. The molecule has 2 aromatic carbocycles. The van der Waals surface area contributed by atoms with Crippen LogP contribution in [0.25, 0.3) is 10.8 Å². The van der Waals surface area contributed by atoms with Gasteiger partial charge in [0.25, 0.3) is 18.8 Å². The van der Waals surface area contributed by atoms with Gasteiger partial charge in [-0.1, -0.05) is 28.1 Å². The Morgan fingerprint density at radius 1 is 1.22 bits per heavy atom. The first-order valence-electron chi connectivity index (χ1n) is 7.72. The molecule has 5 nitrogen and oxygen atoms in total. The summed E-state index contributed by atoms with van der Waals surface area (Å²) in [5.41, 5.74) is -4.09. The Hall–Kier alpha value is -2.20. The molecule has 2 aromatic rings. The van der Waals surface area contributed by atoms with E-state index < -0.39 is 43.2 Å². The van der Waals surface area contributed by atoms with Crippen LogP contribution in [0, 0.1) is 0 Å². The second-order valence-corrected chi connectivity index (χ2v) is 6.81. The van der Waals surface area contributed by atoms with Gasteiger partial charge in [-0.25, -0.2) is 17.6 Å². The molecule has 0 fully saturated rings. The lowest BCUT2D eigenvalue weighted by Gasteiger charge is -2.29. The SMILES string of the molecule is O=C(COc1ccc2cc(Br)ccc2c1)N1N=C(C(F)F)C[C@]1(O)C(F)F. The number of amides is 1. The Balaban J connectivity index is 1.75. The van der Waals surface area contributed by atoms with Gasteiger partial charge in [0, 0.05) is 10.9 Å². The molecule has 1 atom stereocenters. The minimum Gasteiger partial charge on any atom is -0.484 e. The van der Waals surface area contributed by atoms with Crippen molar-refractivity contribution in [3.05, 3.63) is 40.9 Å². The van der Waals surface area contributed by atoms with Crippen LogP contribution in [0.2, 0.25) is 0 Å². The van der Waals surface area contributed by atoms with Gasteiger partial charge in [0.15, 0.2) is 6.61 Å². The van der Waals surface area contributed by atoms with Gasteiger partial charge in [-0.05, 0) is 35.0 Å². The molecule has 0 saturated heterocycles. The van der Waals surface area contributed by atoms with Gasteiger partial charge in [0.2, 0.25) is 5.72 Å². The fourth-order valence-electron chi connectivity index (χ4n) is 2.64. The van der Waals surface area contributed by atoms with Crippen molar-refractivity contribution in [2.24, 2.45) is 5.10 Å². The van der Waals surface area contributed by atoms with Crippen LogP contribution in [0.5, 0.6) is 5.75 Å². The van der Waals surface area contributed by atoms with Crippen LogP contribution >= 0.6 is 15.9 Å². The Bertz CT molecular complexity index is 909. The molecule has 0 spiro atoms. The maximum absolute atomic E-state index is 13.1. The normalized spacial score (nSPS) is 19.9. The zero-order chi connectivity index (χ0) is 19.8. The number of aliphatic hydroxyl groups is 1. The second kappa shape index (κ2) is 7.43. The lowest BCUT2D eigenvalue weighted by Crippen LogP contribution is -2.52. The van der Waals surface area contributed by atoms with E-state index in [1.807, 2.05) is 18.2 Å². The highest BCUT2D eigenvalue weighted by atomic mass is 79.9. The number of carbonyl (C=O) groups is 1. The number of hydrazone groups is 1. The molecule has 10 heteroatoms. The standard InChI is InChI=1S/C17H13BrF4N2O3/c18-11-3-1-10-6-12(4-2-9(10)5-11)27-8-14(25)24-17(26,16(21)22)7-13(23-24)15(19)20/h1-6,15-16,26H,7-8H2/t17-/m0/s1. The molecule has 1 aliphatic rings. The summed E-state index contributed by atoms with van der Waals surface area (Å²) in [5.74, 6) is -0.889. The van der Waals surface area contributed by atoms with Gasteiger partial charge in [0.05, 0.1) is 0 Å². The van der Waals surface area contributed by atoms with E-state index in [0.29, 0.717) is 0 Å². The first-order valence-corrected chi connectivity index (χ1v) is 8.51. The number of rotatable bonds is 5. The number of carbonyl (C=O) groups excluding carboxylic acids is 1. The summed E-state index contributed by atoms with van der Waals surface area (Å²) in [4.78, 5) is 12.2. The van der Waals surface area contributed by atoms with Crippen LogP contribution in [-0.2, 0) is 4.79 Å². The quantitative estimate of drug-likeness (QED) is 0.707. The Morgan fingerprint density at radius 2 is 1.89 bits per heavy atom. The average molecular weight is 449 g/mol. The third-order valence-corrected chi connectivity index (χ3v) is 4.50. The van der Waals surface area contributed by atoms with E-state index in [0.717, 1.165) is 15.2 Å². The zero-order valence-corrected chi connectivity index (χ0v) is 15.2. The minimum absolute atomic E-state index is 0.0165. The van der Waals surface area contributed by atoms with Gasteiger partial charge in [-0.2, -0.15) is 10.1 Å². The van der Waals surface area contributed by atoms with Crippen LogP contribution in [-0.4, -0.2) is 46.9 Å². The number of nitrogens with zero attached hydrogens (tertiary/aromatic N) is 2. The van der Waals surface area contributed by atoms with Crippen molar-refractivity contribution in [2.75, 3.05) is 6.61 Å². The molecular weight excluding hydrogens is 436 g/mol. The summed E-state index contributed by atoms with van der Waals surface area (Å²) >= 11 is 3.34. The third-order valence-electron chi connectivity index (χ3n) is 4.01. The summed E-state index contributed by atoms with van der Waals surface area (Å²) < 4.78 is 57.9. The van der Waals surface area contributed by atoms with Crippen molar-refractivity contribution in [2.45, 2.75) is 25.0 Å². The Labute approximate surface area is 159 Å². The van der Waals surface area contributed by atoms with Crippen molar-refractivity contribution < 1.29 is 32.2 Å². The highest BCUT2D eigenvalue weighted by Gasteiger charge is 2.53. The largest absolute Gasteiger partial charge is 0.484 e. The summed E-state index contributed by atoms with van der Waals surface area (Å²) in [6, 6.07) is 10.4. The fourth-order valence-corrected chi connectivity index (χ4v) is 3.02. The van der Waals surface area contributed by atoms with Crippen LogP contribution in [0.1, 0.15) is 6.42 Å². The van der Waals surface area contributed by atoms with Crippen molar-refractivity contribution >= 4 is 38.3 Å². The van der Waals surface area contributed by atoms with Crippen LogP contribution < -0.4 is 4.74 Å². The van der Waals surface area contributed by atoms with Crippen molar-refractivity contribution in [3.63, 3.8) is 0 Å². The monoisotopic (exact) mass is 448 g/mol. The molecule has 0 unspecified atom stereocenters. The molecule has 1 N–H and O–H groups in total. The molecule has 0 bridgehead atoms. The van der Waals surface area contributed by atoms with Gasteiger partial charge in [0.1, 0.15) is 11.5 Å². The smallest absolute Gasteiger partial charge is 0.287 e. The highest BCUT2D eigenvalue weighted by Crippen LogP contribution is 2.33. The Kier molecular flexibility index (Phi) is 5.38. The second-order valence-electron chi connectivity index (χ2n) is 5.90. The van der Waals surface area contributed by atoms with E-state index in [1.165, 1.54) is 0 Å². The summed E-state index contributed by atoms with van der Waals surface area (Å²) in [5, 5.41) is 14.8. The number of alkyl halides is 4. The van der Waals surface area contributed by atoms with E-state index in [9.17, 15) is 27.5 Å². The number of halogens is 5. The van der Waals surface area contributed by atoms with Crippen molar-refractivity contribution in [1.82, 2.24) is 5.01 Å². The lowest BCUT2D eigenvalue weighted by atomic mass is 10.1. The maximum atomic E-state index is 13.1. The topological polar surface area (TPSA) is 62.1 Å². The molecule has 0 aromatic heterocycles. The average Bonchev–Trinajstić information content (AvgIpc) is 2.99. The lowest BCUT2D eigenvalue weighted by molar-refractivity contribution is -0.193. The van der Waals surface area contributed by atoms with Gasteiger partial charge in [-0.3, -0.25) is 4.79 Å². The first kappa shape index (κ1) is 19.6. The maximum Gasteiger partial charge on any atom is 0.287 e. The fraction of sp³-hybridized carbons (Fsp3) is 0.294. The number of ether oxygens (including phenoxy) is 1. The first-order chi connectivity index (χ1) is 12.7. The van der Waals surface area contributed by atoms with Crippen LogP contribution in [0.3, 0.4) is 0 Å². The Morgan fingerprint density at radius 3 is 2.56 bits per heavy atom. The number of benzene rings is 2. The molecule has 144 valence electrons. The van der Waals surface area contributed by atoms with Crippen LogP contribution in [0.4, 0.5) is 17.6 Å². The van der Waals surface area contributed by atoms with Gasteiger partial charge in [-0.15, -0.1) is 0 Å². The summed E-state index contributed by atoms with van der Waals surface area (Å²) in [6.45, 7) is -0.753. The van der Waals surface area contributed by atoms with E-state index >= 15 is 0 Å². The van der Waals surface area contributed by atoms with Gasteiger partial charge < -0.3 is 9.84 Å². The molecule has 0 saturated carbocycles. The van der Waals surface area contributed by atoms with E-state index in [4.69, 9.17) is 4.74 Å². The molecular formula is C17H13BrF4N2O3.